The van der Waals surface area contributed by atoms with Crippen LogP contribution in [0.25, 0.3) is 0 Å². The third-order valence-corrected chi connectivity index (χ3v) is 2.28. The number of rotatable bonds is 6. The van der Waals surface area contributed by atoms with Gasteiger partial charge in [-0.3, -0.25) is 0 Å². The Hall–Kier alpha value is -1.04. The summed E-state index contributed by atoms with van der Waals surface area (Å²) < 4.78 is 0. The lowest BCUT2D eigenvalue weighted by Crippen LogP contribution is -1.96. The molecule has 0 heterocycles. The average molecular weight is 204 g/mol. The van der Waals surface area contributed by atoms with Gasteiger partial charge in [0.1, 0.15) is 0 Å². The van der Waals surface area contributed by atoms with Crippen molar-refractivity contribution in [3.63, 3.8) is 0 Å². The SMILES string of the molecule is C=C(C)C=CC(CCC=C(C)C)C(=C)C. The molecule has 0 nitrogen and oxygen atoms in total. The molecule has 0 amide bonds. The molecule has 0 spiro atoms. The Morgan fingerprint density at radius 1 is 1.13 bits per heavy atom. The molecule has 0 saturated carbocycles. The third kappa shape index (κ3) is 7.99. The van der Waals surface area contributed by atoms with Crippen molar-refractivity contribution < 1.29 is 0 Å². The van der Waals surface area contributed by atoms with Crippen molar-refractivity contribution in [2.45, 2.75) is 40.5 Å². The molecule has 0 aromatic carbocycles. The molecule has 0 saturated heterocycles. The summed E-state index contributed by atoms with van der Waals surface area (Å²) in [6.07, 6.45) is 8.85. The second kappa shape index (κ2) is 7.28. The third-order valence-electron chi connectivity index (χ3n) is 2.28. The highest BCUT2D eigenvalue weighted by Crippen LogP contribution is 2.18. The van der Waals surface area contributed by atoms with E-state index in [9.17, 15) is 0 Å². The van der Waals surface area contributed by atoms with Gasteiger partial charge in [0, 0.05) is 0 Å². The molecule has 0 aromatic heterocycles. The minimum atomic E-state index is 0.484. The van der Waals surface area contributed by atoms with Crippen molar-refractivity contribution in [3.8, 4) is 0 Å². The van der Waals surface area contributed by atoms with Crippen LogP contribution >= 0.6 is 0 Å². The second-order valence-electron chi connectivity index (χ2n) is 4.52. The van der Waals surface area contributed by atoms with E-state index < -0.39 is 0 Å². The summed E-state index contributed by atoms with van der Waals surface area (Å²) in [5.41, 5.74) is 3.72. The molecule has 0 N–H and O–H groups in total. The minimum absolute atomic E-state index is 0.484. The van der Waals surface area contributed by atoms with Gasteiger partial charge in [-0.2, -0.15) is 0 Å². The minimum Gasteiger partial charge on any atom is -0.0995 e. The summed E-state index contributed by atoms with van der Waals surface area (Å²) in [5.74, 6) is 0.484. The van der Waals surface area contributed by atoms with Crippen LogP contribution in [0.15, 0.2) is 48.1 Å². The van der Waals surface area contributed by atoms with Crippen LogP contribution in [0.1, 0.15) is 40.5 Å². The van der Waals surface area contributed by atoms with Gasteiger partial charge in [-0.05, 0) is 46.5 Å². The Balaban J connectivity index is 4.24. The van der Waals surface area contributed by atoms with Crippen LogP contribution < -0.4 is 0 Å². The Morgan fingerprint density at radius 3 is 2.13 bits per heavy atom. The maximum absolute atomic E-state index is 4.03. The van der Waals surface area contributed by atoms with E-state index in [1.165, 1.54) is 11.1 Å². The Bertz CT molecular complexity index is 272. The number of hydrogen-bond donors (Lipinski definition) is 0. The topological polar surface area (TPSA) is 0 Å². The van der Waals surface area contributed by atoms with E-state index in [4.69, 9.17) is 0 Å². The maximum Gasteiger partial charge on any atom is -0.00226 e. The number of hydrogen-bond acceptors (Lipinski definition) is 0. The maximum atomic E-state index is 4.03. The highest BCUT2D eigenvalue weighted by Gasteiger charge is 2.03. The summed E-state index contributed by atoms with van der Waals surface area (Å²) in [4.78, 5) is 0. The van der Waals surface area contributed by atoms with Crippen molar-refractivity contribution in [1.29, 1.82) is 0 Å². The van der Waals surface area contributed by atoms with E-state index in [0.717, 1.165) is 18.4 Å². The van der Waals surface area contributed by atoms with Gasteiger partial charge in [0.2, 0.25) is 0 Å². The van der Waals surface area contributed by atoms with Gasteiger partial charge in [-0.25, -0.2) is 0 Å². The fourth-order valence-electron chi connectivity index (χ4n) is 1.34. The molecule has 0 aliphatic heterocycles. The van der Waals surface area contributed by atoms with Gasteiger partial charge in [-0.15, -0.1) is 0 Å². The summed E-state index contributed by atoms with van der Waals surface area (Å²) in [7, 11) is 0. The van der Waals surface area contributed by atoms with Crippen LogP contribution in [0.4, 0.5) is 0 Å². The van der Waals surface area contributed by atoms with Crippen molar-refractivity contribution in [3.05, 3.63) is 48.1 Å². The molecular formula is C15H24. The fourth-order valence-corrected chi connectivity index (χ4v) is 1.34. The van der Waals surface area contributed by atoms with E-state index in [-0.39, 0.29) is 0 Å². The van der Waals surface area contributed by atoms with E-state index >= 15 is 0 Å². The standard InChI is InChI=1S/C15H24/c1-12(2)8-7-9-15(14(5)6)11-10-13(3)4/h8,10-11,15H,3,5,7,9H2,1-2,4,6H3. The monoisotopic (exact) mass is 204 g/mol. The molecule has 1 unspecified atom stereocenters. The van der Waals surface area contributed by atoms with E-state index in [2.05, 4.69) is 52.2 Å². The Kier molecular flexibility index (Phi) is 6.77. The van der Waals surface area contributed by atoms with Crippen LogP contribution in [0.5, 0.6) is 0 Å². The number of allylic oxidation sites excluding steroid dienone is 6. The lowest BCUT2D eigenvalue weighted by Gasteiger charge is -2.11. The summed E-state index contributed by atoms with van der Waals surface area (Å²) >= 11 is 0. The van der Waals surface area contributed by atoms with Gasteiger partial charge in [0.05, 0.1) is 0 Å². The van der Waals surface area contributed by atoms with Crippen LogP contribution in [0.2, 0.25) is 0 Å². The van der Waals surface area contributed by atoms with Crippen LogP contribution in [0, 0.1) is 5.92 Å². The molecule has 0 heteroatoms. The molecule has 0 fully saturated rings. The molecule has 84 valence electrons. The van der Waals surface area contributed by atoms with Crippen molar-refractivity contribution >= 4 is 0 Å². The first kappa shape index (κ1) is 14.0. The van der Waals surface area contributed by atoms with E-state index in [1.54, 1.807) is 0 Å². The molecule has 15 heavy (non-hydrogen) atoms. The first-order valence-corrected chi connectivity index (χ1v) is 5.56. The van der Waals surface area contributed by atoms with E-state index in [0.29, 0.717) is 5.92 Å². The zero-order valence-electron chi connectivity index (χ0n) is 10.6. The highest BCUT2D eigenvalue weighted by molar-refractivity contribution is 5.17. The molecule has 0 bridgehead atoms. The quantitative estimate of drug-likeness (QED) is 0.419. The lowest BCUT2D eigenvalue weighted by atomic mass is 9.95. The normalized spacial score (nSPS) is 12.5. The largest absolute Gasteiger partial charge is 0.0995 e. The predicted octanol–water partition coefficient (Wildman–Crippen LogP) is 5.06. The van der Waals surface area contributed by atoms with Crippen molar-refractivity contribution in [2.24, 2.45) is 5.92 Å². The first-order chi connectivity index (χ1) is 6.93. The van der Waals surface area contributed by atoms with Crippen molar-refractivity contribution in [1.82, 2.24) is 0 Å². The zero-order valence-corrected chi connectivity index (χ0v) is 10.6. The van der Waals surface area contributed by atoms with Crippen LogP contribution in [-0.2, 0) is 0 Å². The Labute approximate surface area is 95.1 Å². The van der Waals surface area contributed by atoms with Gasteiger partial charge in [0.25, 0.3) is 0 Å². The molecule has 0 aliphatic carbocycles. The Morgan fingerprint density at radius 2 is 1.73 bits per heavy atom. The summed E-state index contributed by atoms with van der Waals surface area (Å²) in [5, 5.41) is 0. The van der Waals surface area contributed by atoms with Gasteiger partial charge in [-0.1, -0.05) is 48.1 Å². The van der Waals surface area contributed by atoms with Gasteiger partial charge >= 0.3 is 0 Å². The predicted molar refractivity (Wildman–Crippen MR) is 70.9 cm³/mol. The van der Waals surface area contributed by atoms with Crippen LogP contribution in [0.3, 0.4) is 0 Å². The molecule has 0 aliphatic rings. The molecule has 0 aromatic rings. The lowest BCUT2D eigenvalue weighted by molar-refractivity contribution is 0.684. The fraction of sp³-hybridized carbons (Fsp3) is 0.467. The molecule has 0 rings (SSSR count). The second-order valence-corrected chi connectivity index (χ2v) is 4.52. The van der Waals surface area contributed by atoms with Gasteiger partial charge < -0.3 is 0 Å². The van der Waals surface area contributed by atoms with E-state index in [1.807, 2.05) is 6.92 Å². The smallest absolute Gasteiger partial charge is 0.00226 e. The molecule has 0 radical (unpaired) electrons. The summed E-state index contributed by atoms with van der Waals surface area (Å²) in [6.45, 7) is 16.3. The summed E-state index contributed by atoms with van der Waals surface area (Å²) in [6, 6.07) is 0. The molecule has 1 atom stereocenters. The van der Waals surface area contributed by atoms with Gasteiger partial charge in [0.15, 0.2) is 0 Å². The van der Waals surface area contributed by atoms with Crippen LogP contribution in [-0.4, -0.2) is 0 Å². The zero-order chi connectivity index (χ0) is 11.8. The molecular weight excluding hydrogens is 180 g/mol. The average Bonchev–Trinajstić information content (AvgIpc) is 2.09. The first-order valence-electron chi connectivity index (χ1n) is 5.56. The van der Waals surface area contributed by atoms with Crippen molar-refractivity contribution in [2.75, 3.05) is 0 Å². The highest BCUT2D eigenvalue weighted by atomic mass is 14.1.